The Kier molecular flexibility index (Phi) is 6.77. The molecule has 8 nitrogen and oxygen atoms in total. The van der Waals surface area contributed by atoms with Gasteiger partial charge in [0.1, 0.15) is 11.6 Å². The van der Waals surface area contributed by atoms with Crippen molar-refractivity contribution < 1.29 is 29.0 Å². The molecule has 0 saturated carbocycles. The lowest BCUT2D eigenvalue weighted by atomic mass is 9.70. The van der Waals surface area contributed by atoms with Gasteiger partial charge in [0.15, 0.2) is 0 Å². The molecule has 170 valence electrons. The molecule has 2 bridgehead atoms. The largest absolute Gasteiger partial charge is 0.466 e. The molecular weight excluding hydrogens is 388 g/mol. The van der Waals surface area contributed by atoms with E-state index in [1.54, 1.807) is 6.92 Å². The first kappa shape index (κ1) is 23.0. The summed E-state index contributed by atoms with van der Waals surface area (Å²) in [5.41, 5.74) is -1.04. The molecule has 0 aromatic heterocycles. The van der Waals surface area contributed by atoms with E-state index in [-0.39, 0.29) is 37.0 Å². The number of carbonyl (C=O) groups excluding carboxylic acids is 3. The molecule has 3 rings (SSSR count). The number of fused-ring (bicyclic) bond motifs is 1. The highest BCUT2D eigenvalue weighted by molar-refractivity contribution is 5.98. The van der Waals surface area contributed by atoms with E-state index in [0.717, 1.165) is 12.8 Å². The van der Waals surface area contributed by atoms with Crippen molar-refractivity contribution >= 4 is 17.8 Å². The number of nitrogens with one attached hydrogen (secondary N) is 1. The highest BCUT2D eigenvalue weighted by Crippen LogP contribution is 2.59. The Morgan fingerprint density at radius 2 is 2.03 bits per heavy atom. The minimum atomic E-state index is -1.04. The number of likely N-dealkylation sites (tertiary alicyclic amines) is 1. The van der Waals surface area contributed by atoms with Crippen molar-refractivity contribution in [1.82, 2.24) is 10.2 Å². The smallest absolute Gasteiger partial charge is 0.312 e. The third kappa shape index (κ3) is 3.51. The molecule has 30 heavy (non-hydrogen) atoms. The standard InChI is InChI=1S/C22H36N2O6/c1-6-8-13(5)23-19(26)18-22-10-9-15(30-22)16(21(28)29-7-2)17(22)20(27)24(18)14(11-25)12(3)4/h12-18,25H,6-11H2,1-5H3,(H,23,26)/t13?,14-,15-,16+,17+,18-,22+/m0/s1. The highest BCUT2D eigenvalue weighted by Gasteiger charge is 2.75. The molecule has 7 atom stereocenters. The summed E-state index contributed by atoms with van der Waals surface area (Å²) in [7, 11) is 0. The summed E-state index contributed by atoms with van der Waals surface area (Å²) in [4.78, 5) is 41.4. The average Bonchev–Trinajstić information content (AvgIpc) is 3.30. The van der Waals surface area contributed by atoms with Gasteiger partial charge in [0, 0.05) is 6.04 Å². The van der Waals surface area contributed by atoms with Crippen LogP contribution < -0.4 is 5.32 Å². The van der Waals surface area contributed by atoms with Crippen LogP contribution in [-0.2, 0) is 23.9 Å². The minimum absolute atomic E-state index is 0.0408. The molecule has 1 spiro atoms. The second-order valence-corrected chi connectivity index (χ2v) is 9.25. The quantitative estimate of drug-likeness (QED) is 0.540. The lowest BCUT2D eigenvalue weighted by Crippen LogP contribution is -2.59. The number of hydrogen-bond donors (Lipinski definition) is 2. The minimum Gasteiger partial charge on any atom is -0.466 e. The van der Waals surface area contributed by atoms with E-state index in [4.69, 9.17) is 9.47 Å². The SMILES string of the molecule is CCCC(C)NC(=O)[C@@H]1N([C@@H](CO)C(C)C)C(=O)[C@H]2[C@H](C(=O)OCC)[C@@H]3CC[C@]12O3. The van der Waals surface area contributed by atoms with E-state index in [1.165, 1.54) is 4.90 Å². The first-order valence-electron chi connectivity index (χ1n) is 11.3. The van der Waals surface area contributed by atoms with Crippen LogP contribution >= 0.6 is 0 Å². The van der Waals surface area contributed by atoms with Gasteiger partial charge >= 0.3 is 5.97 Å². The molecule has 3 aliphatic heterocycles. The second kappa shape index (κ2) is 8.83. The molecule has 2 N–H and O–H groups in total. The number of rotatable bonds is 9. The van der Waals surface area contributed by atoms with Gasteiger partial charge in [0.25, 0.3) is 0 Å². The van der Waals surface area contributed by atoms with Crippen LogP contribution in [-0.4, -0.2) is 70.8 Å². The van der Waals surface area contributed by atoms with Crippen molar-refractivity contribution in [2.24, 2.45) is 17.8 Å². The molecule has 3 heterocycles. The zero-order valence-corrected chi connectivity index (χ0v) is 18.7. The van der Waals surface area contributed by atoms with Crippen LogP contribution in [0.1, 0.15) is 60.3 Å². The van der Waals surface area contributed by atoms with Crippen molar-refractivity contribution in [2.45, 2.75) is 90.1 Å². The summed E-state index contributed by atoms with van der Waals surface area (Å²) in [6.45, 7) is 9.52. The molecule has 0 aromatic rings. The van der Waals surface area contributed by atoms with Crippen molar-refractivity contribution in [1.29, 1.82) is 0 Å². The lowest BCUT2D eigenvalue weighted by molar-refractivity contribution is -0.155. The molecule has 8 heteroatoms. The summed E-state index contributed by atoms with van der Waals surface area (Å²) < 4.78 is 11.6. The van der Waals surface area contributed by atoms with Gasteiger partial charge in [-0.25, -0.2) is 0 Å². The lowest BCUT2D eigenvalue weighted by Gasteiger charge is -2.38. The topological polar surface area (TPSA) is 105 Å². The Morgan fingerprint density at radius 1 is 1.33 bits per heavy atom. The molecule has 0 aromatic carbocycles. The van der Waals surface area contributed by atoms with Gasteiger partial charge in [-0.15, -0.1) is 0 Å². The number of aliphatic hydroxyl groups is 1. The number of aliphatic hydroxyl groups excluding tert-OH is 1. The van der Waals surface area contributed by atoms with Crippen LogP contribution in [0.15, 0.2) is 0 Å². The number of carbonyl (C=O) groups is 3. The molecule has 1 unspecified atom stereocenters. The number of hydrogen-bond acceptors (Lipinski definition) is 6. The van der Waals surface area contributed by atoms with E-state index >= 15 is 0 Å². The first-order valence-corrected chi connectivity index (χ1v) is 11.3. The van der Waals surface area contributed by atoms with Gasteiger partial charge in [-0.3, -0.25) is 14.4 Å². The van der Waals surface area contributed by atoms with Crippen molar-refractivity contribution in [3.05, 3.63) is 0 Å². The number of ether oxygens (including phenoxy) is 2. The molecule has 2 amide bonds. The number of amides is 2. The van der Waals surface area contributed by atoms with Crippen LogP contribution in [0, 0.1) is 17.8 Å². The van der Waals surface area contributed by atoms with Crippen molar-refractivity contribution in [2.75, 3.05) is 13.2 Å². The van der Waals surface area contributed by atoms with Gasteiger partial charge in [0.2, 0.25) is 11.8 Å². The van der Waals surface area contributed by atoms with E-state index in [1.807, 2.05) is 20.8 Å². The van der Waals surface area contributed by atoms with Crippen LogP contribution in [0.2, 0.25) is 0 Å². The van der Waals surface area contributed by atoms with Crippen LogP contribution in [0.25, 0.3) is 0 Å². The Labute approximate surface area is 178 Å². The fraction of sp³-hybridized carbons (Fsp3) is 0.864. The predicted molar refractivity (Wildman–Crippen MR) is 109 cm³/mol. The van der Waals surface area contributed by atoms with E-state index in [0.29, 0.717) is 12.8 Å². The van der Waals surface area contributed by atoms with E-state index in [2.05, 4.69) is 12.2 Å². The van der Waals surface area contributed by atoms with E-state index in [9.17, 15) is 19.5 Å². The molecule has 3 aliphatic rings. The van der Waals surface area contributed by atoms with Gasteiger partial charge in [-0.2, -0.15) is 0 Å². The monoisotopic (exact) mass is 424 g/mol. The summed E-state index contributed by atoms with van der Waals surface area (Å²) in [5.74, 6) is -2.50. The number of esters is 1. The maximum absolute atomic E-state index is 13.7. The van der Waals surface area contributed by atoms with Gasteiger partial charge in [0.05, 0.1) is 37.2 Å². The molecule has 0 radical (unpaired) electrons. The predicted octanol–water partition coefficient (Wildman–Crippen LogP) is 1.25. The van der Waals surface area contributed by atoms with Crippen molar-refractivity contribution in [3.8, 4) is 0 Å². The van der Waals surface area contributed by atoms with E-state index < -0.39 is 41.6 Å². The van der Waals surface area contributed by atoms with Crippen molar-refractivity contribution in [3.63, 3.8) is 0 Å². The summed E-state index contributed by atoms with van der Waals surface area (Å²) in [5, 5.41) is 13.1. The Balaban J connectivity index is 2.02. The first-order chi connectivity index (χ1) is 14.2. The fourth-order valence-electron chi connectivity index (χ4n) is 5.70. The van der Waals surface area contributed by atoms with Gasteiger partial charge < -0.3 is 24.8 Å². The molecular formula is C22H36N2O6. The summed E-state index contributed by atoms with van der Waals surface area (Å²) >= 11 is 0. The van der Waals surface area contributed by atoms with Gasteiger partial charge in [-0.05, 0) is 39.0 Å². The number of nitrogens with zero attached hydrogens (tertiary/aromatic N) is 1. The fourth-order valence-corrected chi connectivity index (χ4v) is 5.70. The zero-order valence-electron chi connectivity index (χ0n) is 18.7. The van der Waals surface area contributed by atoms with Crippen LogP contribution in [0.3, 0.4) is 0 Å². The third-order valence-corrected chi connectivity index (χ3v) is 6.97. The molecule has 3 saturated heterocycles. The summed E-state index contributed by atoms with van der Waals surface area (Å²) in [6, 6.07) is -1.43. The van der Waals surface area contributed by atoms with Crippen LogP contribution in [0.4, 0.5) is 0 Å². The average molecular weight is 425 g/mol. The molecule has 3 fully saturated rings. The van der Waals surface area contributed by atoms with Crippen LogP contribution in [0.5, 0.6) is 0 Å². The Hall–Kier alpha value is -1.67. The maximum Gasteiger partial charge on any atom is 0.312 e. The summed E-state index contributed by atoms with van der Waals surface area (Å²) in [6.07, 6.45) is 2.50. The Morgan fingerprint density at radius 3 is 2.60 bits per heavy atom. The maximum atomic E-state index is 13.7. The zero-order chi connectivity index (χ0) is 22.2. The van der Waals surface area contributed by atoms with Gasteiger partial charge in [-0.1, -0.05) is 27.2 Å². The Bertz CT molecular complexity index is 683. The normalized spacial score (nSPS) is 34.2. The molecule has 0 aliphatic carbocycles. The highest BCUT2D eigenvalue weighted by atomic mass is 16.6. The second-order valence-electron chi connectivity index (χ2n) is 9.25. The third-order valence-electron chi connectivity index (χ3n) is 6.97.